The molecule has 0 fully saturated rings. The molecule has 1 aliphatic rings. The van der Waals surface area contributed by atoms with E-state index in [9.17, 15) is 4.79 Å². The molecular formula is C16H18N2O3. The number of ether oxygens (including phenoxy) is 2. The molecule has 1 amide bonds. The number of para-hydroxylation sites is 1. The number of amides is 1. The van der Waals surface area contributed by atoms with Gasteiger partial charge < -0.3 is 19.4 Å². The van der Waals surface area contributed by atoms with Crippen LogP contribution in [-0.4, -0.2) is 23.7 Å². The Morgan fingerprint density at radius 3 is 2.81 bits per heavy atom. The van der Waals surface area contributed by atoms with Crippen LogP contribution in [0.25, 0.3) is 0 Å². The molecule has 1 N–H and O–H groups in total. The van der Waals surface area contributed by atoms with Crippen molar-refractivity contribution in [3.05, 3.63) is 42.7 Å². The molecule has 3 rings (SSSR count). The Labute approximate surface area is 123 Å². The summed E-state index contributed by atoms with van der Waals surface area (Å²) in [6.07, 6.45) is 5.27. The molecule has 0 saturated carbocycles. The number of nitrogens with one attached hydrogen (secondary N) is 1. The predicted octanol–water partition coefficient (Wildman–Crippen LogP) is 2.68. The lowest BCUT2D eigenvalue weighted by molar-refractivity contribution is -0.116. The van der Waals surface area contributed by atoms with Crippen LogP contribution in [0.5, 0.6) is 11.5 Å². The number of nitrogens with zero attached hydrogens (tertiary/aromatic N) is 1. The fourth-order valence-electron chi connectivity index (χ4n) is 2.33. The molecule has 0 atom stereocenters. The van der Waals surface area contributed by atoms with Crippen LogP contribution in [0, 0.1) is 0 Å². The molecule has 0 aliphatic carbocycles. The Kier molecular flexibility index (Phi) is 4.09. The Bertz CT molecular complexity index is 608. The molecule has 110 valence electrons. The third-order valence-electron chi connectivity index (χ3n) is 3.33. The number of hydrogen-bond donors (Lipinski definition) is 1. The third kappa shape index (κ3) is 3.37. The van der Waals surface area contributed by atoms with Crippen LogP contribution in [0.4, 0.5) is 5.69 Å². The van der Waals surface area contributed by atoms with E-state index in [-0.39, 0.29) is 5.91 Å². The monoisotopic (exact) mass is 286 g/mol. The summed E-state index contributed by atoms with van der Waals surface area (Å²) < 4.78 is 13.1. The Morgan fingerprint density at radius 1 is 1.14 bits per heavy atom. The average molecular weight is 286 g/mol. The second-order valence-corrected chi connectivity index (χ2v) is 4.90. The quantitative estimate of drug-likeness (QED) is 0.919. The van der Waals surface area contributed by atoms with Crippen LogP contribution in [0.1, 0.15) is 12.8 Å². The maximum absolute atomic E-state index is 12.0. The summed E-state index contributed by atoms with van der Waals surface area (Å²) in [5, 5.41) is 2.90. The maximum Gasteiger partial charge on any atom is 0.224 e. The zero-order valence-corrected chi connectivity index (χ0v) is 11.7. The van der Waals surface area contributed by atoms with Gasteiger partial charge in [0.05, 0.1) is 5.69 Å². The van der Waals surface area contributed by atoms with Gasteiger partial charge in [-0.3, -0.25) is 4.79 Å². The van der Waals surface area contributed by atoms with Crippen molar-refractivity contribution in [1.82, 2.24) is 4.57 Å². The van der Waals surface area contributed by atoms with Crippen LogP contribution in [0.2, 0.25) is 0 Å². The summed E-state index contributed by atoms with van der Waals surface area (Å²) in [7, 11) is 0. The smallest absolute Gasteiger partial charge is 0.224 e. The largest absolute Gasteiger partial charge is 0.486 e. The van der Waals surface area contributed by atoms with Crippen molar-refractivity contribution in [2.45, 2.75) is 19.4 Å². The van der Waals surface area contributed by atoms with Gasteiger partial charge in [0.25, 0.3) is 0 Å². The molecule has 1 aromatic carbocycles. The molecule has 2 aromatic rings. The number of rotatable bonds is 5. The Balaban J connectivity index is 1.55. The minimum absolute atomic E-state index is 0.00951. The lowest BCUT2D eigenvalue weighted by Gasteiger charge is -2.21. The number of anilines is 1. The van der Waals surface area contributed by atoms with Crippen molar-refractivity contribution in [3.8, 4) is 11.5 Å². The molecule has 0 saturated heterocycles. The van der Waals surface area contributed by atoms with E-state index in [1.165, 1.54) is 0 Å². The van der Waals surface area contributed by atoms with Crippen molar-refractivity contribution >= 4 is 11.6 Å². The maximum atomic E-state index is 12.0. The van der Waals surface area contributed by atoms with Crippen molar-refractivity contribution in [3.63, 3.8) is 0 Å². The van der Waals surface area contributed by atoms with Gasteiger partial charge in [-0.25, -0.2) is 0 Å². The summed E-state index contributed by atoms with van der Waals surface area (Å²) in [5.74, 6) is 1.30. The van der Waals surface area contributed by atoms with Crippen LogP contribution in [0.3, 0.4) is 0 Å². The van der Waals surface area contributed by atoms with Crippen molar-refractivity contribution in [1.29, 1.82) is 0 Å². The number of aryl methyl sites for hydroxylation is 1. The number of benzene rings is 1. The molecule has 0 radical (unpaired) electrons. The van der Waals surface area contributed by atoms with E-state index >= 15 is 0 Å². The van der Waals surface area contributed by atoms with Crippen molar-refractivity contribution in [2.75, 3.05) is 18.5 Å². The van der Waals surface area contributed by atoms with Gasteiger partial charge in [-0.05, 0) is 30.7 Å². The van der Waals surface area contributed by atoms with E-state index in [2.05, 4.69) is 9.88 Å². The standard InChI is InChI=1S/C16H18N2O3/c19-15(7-4-10-18-8-1-2-9-18)17-13-5-3-6-14-16(13)21-12-11-20-14/h1-3,5-6,8-9H,4,7,10-12H2,(H,17,19). The van der Waals surface area contributed by atoms with E-state index in [4.69, 9.17) is 9.47 Å². The second kappa shape index (κ2) is 6.35. The van der Waals surface area contributed by atoms with Gasteiger partial charge in [0, 0.05) is 25.4 Å². The summed E-state index contributed by atoms with van der Waals surface area (Å²) in [5.41, 5.74) is 0.679. The van der Waals surface area contributed by atoms with E-state index in [1.54, 1.807) is 0 Å². The highest BCUT2D eigenvalue weighted by atomic mass is 16.6. The first-order valence-electron chi connectivity index (χ1n) is 7.12. The highest BCUT2D eigenvalue weighted by molar-refractivity contribution is 5.92. The first-order chi connectivity index (χ1) is 10.3. The second-order valence-electron chi connectivity index (χ2n) is 4.90. The van der Waals surface area contributed by atoms with Gasteiger partial charge in [-0.1, -0.05) is 6.07 Å². The van der Waals surface area contributed by atoms with Crippen molar-refractivity contribution < 1.29 is 14.3 Å². The molecule has 0 spiro atoms. The van der Waals surface area contributed by atoms with Gasteiger partial charge in [0.15, 0.2) is 11.5 Å². The molecule has 0 unspecified atom stereocenters. The van der Waals surface area contributed by atoms with Crippen LogP contribution in [0.15, 0.2) is 42.7 Å². The first-order valence-corrected chi connectivity index (χ1v) is 7.12. The minimum atomic E-state index is -0.00951. The number of carbonyl (C=O) groups is 1. The molecule has 2 heterocycles. The lowest BCUT2D eigenvalue weighted by atomic mass is 10.2. The molecular weight excluding hydrogens is 268 g/mol. The van der Waals surface area contributed by atoms with Crippen LogP contribution in [-0.2, 0) is 11.3 Å². The lowest BCUT2D eigenvalue weighted by Crippen LogP contribution is -2.18. The fraction of sp³-hybridized carbons (Fsp3) is 0.312. The van der Waals surface area contributed by atoms with Gasteiger partial charge in [-0.2, -0.15) is 0 Å². The minimum Gasteiger partial charge on any atom is -0.486 e. The predicted molar refractivity (Wildman–Crippen MR) is 79.7 cm³/mol. The summed E-state index contributed by atoms with van der Waals surface area (Å²) in [6, 6.07) is 9.48. The molecule has 5 nitrogen and oxygen atoms in total. The van der Waals surface area contributed by atoms with E-state index in [1.807, 2.05) is 42.7 Å². The number of carbonyl (C=O) groups excluding carboxylic acids is 1. The van der Waals surface area contributed by atoms with Crippen LogP contribution < -0.4 is 14.8 Å². The Hall–Kier alpha value is -2.43. The molecule has 5 heteroatoms. The van der Waals surface area contributed by atoms with Crippen LogP contribution >= 0.6 is 0 Å². The molecule has 1 aromatic heterocycles. The third-order valence-corrected chi connectivity index (χ3v) is 3.33. The van der Waals surface area contributed by atoms with Gasteiger partial charge in [0.1, 0.15) is 13.2 Å². The SMILES string of the molecule is O=C(CCCn1cccc1)Nc1cccc2c1OCCO2. The zero-order valence-electron chi connectivity index (χ0n) is 11.7. The fourth-order valence-corrected chi connectivity index (χ4v) is 2.33. The summed E-state index contributed by atoms with van der Waals surface area (Å²) >= 11 is 0. The topological polar surface area (TPSA) is 52.5 Å². The summed E-state index contributed by atoms with van der Waals surface area (Å²) in [6.45, 7) is 1.89. The number of fused-ring (bicyclic) bond motifs is 1. The average Bonchev–Trinajstić information content (AvgIpc) is 3.01. The highest BCUT2D eigenvalue weighted by Gasteiger charge is 2.16. The first kappa shape index (κ1) is 13.5. The number of hydrogen-bond acceptors (Lipinski definition) is 3. The highest BCUT2D eigenvalue weighted by Crippen LogP contribution is 2.37. The molecule has 0 bridgehead atoms. The van der Waals surface area contributed by atoms with Gasteiger partial charge in [-0.15, -0.1) is 0 Å². The summed E-state index contributed by atoms with van der Waals surface area (Å²) in [4.78, 5) is 12.0. The Morgan fingerprint density at radius 2 is 1.95 bits per heavy atom. The van der Waals surface area contributed by atoms with Crippen molar-refractivity contribution in [2.24, 2.45) is 0 Å². The van der Waals surface area contributed by atoms with Gasteiger partial charge >= 0.3 is 0 Å². The zero-order chi connectivity index (χ0) is 14.5. The van der Waals surface area contributed by atoms with Gasteiger partial charge in [0.2, 0.25) is 5.91 Å². The molecule has 1 aliphatic heterocycles. The normalized spacial score (nSPS) is 13.0. The van der Waals surface area contributed by atoms with E-state index < -0.39 is 0 Å². The molecule has 21 heavy (non-hydrogen) atoms. The number of aromatic nitrogens is 1. The van der Waals surface area contributed by atoms with E-state index in [0.29, 0.717) is 36.8 Å². The van der Waals surface area contributed by atoms with E-state index in [0.717, 1.165) is 13.0 Å².